The molecule has 1 nitrogen and oxygen atoms in total. The molecular formula is C9H15O. The fourth-order valence-corrected chi connectivity index (χ4v) is 0.664. The van der Waals surface area contributed by atoms with E-state index in [0.29, 0.717) is 0 Å². The molecule has 57 valence electrons. The third-order valence-corrected chi connectivity index (χ3v) is 1.19. The van der Waals surface area contributed by atoms with E-state index in [1.54, 1.807) is 0 Å². The zero-order chi connectivity index (χ0) is 7.66. The van der Waals surface area contributed by atoms with Crippen LogP contribution in [0.4, 0.5) is 0 Å². The van der Waals surface area contributed by atoms with E-state index in [9.17, 15) is 0 Å². The first-order valence-electron chi connectivity index (χ1n) is 3.89. The SMILES string of the molecule is [C]#CCCCCOCCC. The maximum atomic E-state index is 6.63. The second kappa shape index (κ2) is 8.52. The minimum Gasteiger partial charge on any atom is -0.381 e. The van der Waals surface area contributed by atoms with Gasteiger partial charge in [0.25, 0.3) is 0 Å². The molecule has 0 unspecified atom stereocenters. The van der Waals surface area contributed by atoms with Crippen LogP contribution in [0, 0.1) is 12.3 Å². The largest absolute Gasteiger partial charge is 0.381 e. The molecule has 0 spiro atoms. The maximum absolute atomic E-state index is 6.63. The van der Waals surface area contributed by atoms with Crippen LogP contribution in [-0.4, -0.2) is 13.2 Å². The summed E-state index contributed by atoms with van der Waals surface area (Å²) in [6, 6.07) is 0. The van der Waals surface area contributed by atoms with E-state index in [1.165, 1.54) is 0 Å². The molecule has 1 heteroatoms. The van der Waals surface area contributed by atoms with Crippen LogP contribution in [0.1, 0.15) is 32.6 Å². The number of hydrogen-bond acceptors (Lipinski definition) is 1. The van der Waals surface area contributed by atoms with Crippen molar-refractivity contribution in [2.75, 3.05) is 13.2 Å². The van der Waals surface area contributed by atoms with E-state index in [0.717, 1.165) is 38.9 Å². The molecule has 0 aromatic carbocycles. The summed E-state index contributed by atoms with van der Waals surface area (Å²) < 4.78 is 5.24. The second-order valence-corrected chi connectivity index (χ2v) is 2.25. The Hall–Kier alpha value is -0.480. The van der Waals surface area contributed by atoms with Gasteiger partial charge in [0.2, 0.25) is 0 Å². The Bertz CT molecular complexity index is 91.4. The Kier molecular flexibility index (Phi) is 8.11. The minimum atomic E-state index is 0.773. The van der Waals surface area contributed by atoms with Crippen LogP contribution >= 0.6 is 0 Å². The standard InChI is InChI=1S/C9H15O/c1-3-5-6-7-9-10-8-4-2/h4-9H2,2H3. The predicted molar refractivity (Wildman–Crippen MR) is 42.1 cm³/mol. The fourth-order valence-electron chi connectivity index (χ4n) is 0.664. The second-order valence-electron chi connectivity index (χ2n) is 2.25. The van der Waals surface area contributed by atoms with Gasteiger partial charge in [-0.3, -0.25) is 0 Å². The van der Waals surface area contributed by atoms with Crippen molar-refractivity contribution < 1.29 is 4.74 Å². The van der Waals surface area contributed by atoms with Gasteiger partial charge in [0.15, 0.2) is 0 Å². The van der Waals surface area contributed by atoms with Crippen molar-refractivity contribution in [1.29, 1.82) is 0 Å². The zero-order valence-electron chi connectivity index (χ0n) is 6.65. The van der Waals surface area contributed by atoms with Gasteiger partial charge in [0.05, 0.1) is 0 Å². The van der Waals surface area contributed by atoms with E-state index in [4.69, 9.17) is 11.2 Å². The average Bonchev–Trinajstić information content (AvgIpc) is 1.97. The van der Waals surface area contributed by atoms with Crippen LogP contribution in [0.2, 0.25) is 0 Å². The number of unbranched alkanes of at least 4 members (excludes halogenated alkanes) is 2. The summed E-state index contributed by atoms with van der Waals surface area (Å²) in [5.41, 5.74) is 0. The van der Waals surface area contributed by atoms with Crippen LogP contribution in [0.5, 0.6) is 0 Å². The van der Waals surface area contributed by atoms with Crippen molar-refractivity contribution in [2.24, 2.45) is 0 Å². The lowest BCUT2D eigenvalue weighted by Gasteiger charge is -1.99. The van der Waals surface area contributed by atoms with E-state index in [-0.39, 0.29) is 0 Å². The van der Waals surface area contributed by atoms with Crippen molar-refractivity contribution in [2.45, 2.75) is 32.6 Å². The summed E-state index contributed by atoms with van der Waals surface area (Å²) in [6.07, 6.45) is 10.6. The van der Waals surface area contributed by atoms with Gasteiger partial charge in [0, 0.05) is 19.6 Å². The molecule has 0 atom stereocenters. The highest BCUT2D eigenvalue weighted by molar-refractivity contribution is 4.74. The Morgan fingerprint density at radius 3 is 2.70 bits per heavy atom. The molecule has 0 aromatic heterocycles. The first kappa shape index (κ1) is 9.52. The third kappa shape index (κ3) is 7.52. The molecule has 0 aliphatic heterocycles. The fraction of sp³-hybridized carbons (Fsp3) is 0.778. The Morgan fingerprint density at radius 2 is 2.10 bits per heavy atom. The average molecular weight is 139 g/mol. The Morgan fingerprint density at radius 1 is 1.30 bits per heavy atom. The number of ether oxygens (including phenoxy) is 1. The van der Waals surface area contributed by atoms with E-state index < -0.39 is 0 Å². The highest BCUT2D eigenvalue weighted by Gasteiger charge is 1.85. The molecule has 0 amide bonds. The highest BCUT2D eigenvalue weighted by atomic mass is 16.5. The van der Waals surface area contributed by atoms with E-state index >= 15 is 0 Å². The summed E-state index contributed by atoms with van der Waals surface area (Å²) in [5.74, 6) is 2.35. The normalized spacial score (nSPS) is 9.20. The summed E-state index contributed by atoms with van der Waals surface area (Å²) >= 11 is 0. The smallest absolute Gasteiger partial charge is 0.0466 e. The monoisotopic (exact) mass is 139 g/mol. The summed E-state index contributed by atoms with van der Waals surface area (Å²) in [7, 11) is 0. The van der Waals surface area contributed by atoms with Gasteiger partial charge in [-0.25, -0.2) is 0 Å². The van der Waals surface area contributed by atoms with Gasteiger partial charge in [-0.1, -0.05) is 12.8 Å². The van der Waals surface area contributed by atoms with Crippen molar-refractivity contribution in [3.63, 3.8) is 0 Å². The van der Waals surface area contributed by atoms with Gasteiger partial charge in [-0.2, -0.15) is 0 Å². The highest BCUT2D eigenvalue weighted by Crippen LogP contribution is 1.94. The Balaban J connectivity index is 2.72. The molecule has 0 saturated carbocycles. The molecule has 0 heterocycles. The summed E-state index contributed by atoms with van der Waals surface area (Å²) in [4.78, 5) is 0. The molecule has 0 aromatic rings. The first-order valence-corrected chi connectivity index (χ1v) is 3.89. The molecule has 0 rings (SSSR count). The van der Waals surface area contributed by atoms with Gasteiger partial charge in [-0.15, -0.1) is 0 Å². The quantitative estimate of drug-likeness (QED) is 0.405. The predicted octanol–water partition coefficient (Wildman–Crippen LogP) is 2.17. The van der Waals surface area contributed by atoms with Crippen molar-refractivity contribution in [3.8, 4) is 5.92 Å². The molecule has 10 heavy (non-hydrogen) atoms. The van der Waals surface area contributed by atoms with Crippen molar-refractivity contribution in [3.05, 3.63) is 6.42 Å². The molecule has 0 saturated heterocycles. The zero-order valence-corrected chi connectivity index (χ0v) is 6.65. The van der Waals surface area contributed by atoms with Gasteiger partial charge < -0.3 is 4.74 Å². The van der Waals surface area contributed by atoms with Crippen LogP contribution in [0.3, 0.4) is 0 Å². The molecule has 0 aliphatic rings. The lowest BCUT2D eigenvalue weighted by molar-refractivity contribution is 0.131. The maximum Gasteiger partial charge on any atom is 0.0466 e. The third-order valence-electron chi connectivity index (χ3n) is 1.19. The van der Waals surface area contributed by atoms with Crippen LogP contribution in [-0.2, 0) is 4.74 Å². The van der Waals surface area contributed by atoms with Gasteiger partial charge >= 0.3 is 0 Å². The molecule has 0 fully saturated rings. The minimum absolute atomic E-state index is 0.773. The molecule has 0 bridgehead atoms. The molecular weight excluding hydrogens is 124 g/mol. The number of hydrogen-bond donors (Lipinski definition) is 0. The summed E-state index contributed by atoms with van der Waals surface area (Å²) in [5, 5.41) is 0. The van der Waals surface area contributed by atoms with E-state index in [2.05, 4.69) is 12.8 Å². The first-order chi connectivity index (χ1) is 4.91. The van der Waals surface area contributed by atoms with E-state index in [1.807, 2.05) is 0 Å². The summed E-state index contributed by atoms with van der Waals surface area (Å²) in [6.45, 7) is 3.81. The lowest BCUT2D eigenvalue weighted by atomic mass is 10.2. The molecule has 0 aliphatic carbocycles. The number of rotatable bonds is 6. The topological polar surface area (TPSA) is 9.23 Å². The lowest BCUT2D eigenvalue weighted by Crippen LogP contribution is -1.94. The van der Waals surface area contributed by atoms with Gasteiger partial charge in [0.1, 0.15) is 0 Å². The van der Waals surface area contributed by atoms with Crippen molar-refractivity contribution in [1.82, 2.24) is 0 Å². The molecule has 0 N–H and O–H groups in total. The van der Waals surface area contributed by atoms with Crippen LogP contribution < -0.4 is 0 Å². The molecule has 1 radical (unpaired) electrons. The Labute approximate surface area is 63.8 Å². The van der Waals surface area contributed by atoms with Gasteiger partial charge in [-0.05, 0) is 25.7 Å². The van der Waals surface area contributed by atoms with Crippen LogP contribution in [0.25, 0.3) is 0 Å². The van der Waals surface area contributed by atoms with Crippen LogP contribution in [0.15, 0.2) is 0 Å². The van der Waals surface area contributed by atoms with Crippen molar-refractivity contribution >= 4 is 0 Å².